The summed E-state index contributed by atoms with van der Waals surface area (Å²) < 4.78 is 3.49. The third-order valence-electron chi connectivity index (χ3n) is 2.29. The summed E-state index contributed by atoms with van der Waals surface area (Å²) in [5.41, 5.74) is 5.71. The van der Waals surface area contributed by atoms with Gasteiger partial charge in [0, 0.05) is 19.4 Å². The maximum Gasteiger partial charge on any atom is 0.313 e. The topological polar surface area (TPSA) is 112 Å². The Kier molecular flexibility index (Phi) is 3.51. The molecule has 0 fully saturated rings. The molecule has 96 valence electrons. The molecule has 0 aliphatic heterocycles. The highest BCUT2D eigenvalue weighted by atomic mass is 32.2. The van der Waals surface area contributed by atoms with Crippen LogP contribution in [-0.4, -0.2) is 41.1 Å². The number of nitrogens with two attached hydrogens (primary N) is 1. The van der Waals surface area contributed by atoms with Gasteiger partial charge >= 0.3 is 5.97 Å². The van der Waals surface area contributed by atoms with Crippen LogP contribution < -0.4 is 5.73 Å². The Hall–Kier alpha value is -2.03. The molecule has 0 spiro atoms. The average molecular weight is 268 g/mol. The second kappa shape index (κ2) is 5.08. The number of aliphatic carboxylic acids is 1. The van der Waals surface area contributed by atoms with Gasteiger partial charge < -0.3 is 15.4 Å². The molecule has 2 aromatic rings. The number of hydrogen-bond acceptors (Lipinski definition) is 6. The molecule has 0 saturated carbocycles. The first-order valence-corrected chi connectivity index (χ1v) is 6.06. The number of nitrogens with zero attached hydrogens (tertiary/aromatic N) is 5. The van der Waals surface area contributed by atoms with Gasteiger partial charge in [-0.05, 0) is 0 Å². The number of thioether (sulfide) groups is 1. The van der Waals surface area contributed by atoms with Crippen LogP contribution in [0.15, 0.2) is 17.6 Å². The van der Waals surface area contributed by atoms with Gasteiger partial charge in [0.25, 0.3) is 0 Å². The zero-order valence-electron chi connectivity index (χ0n) is 9.65. The molecule has 0 unspecified atom stereocenters. The highest BCUT2D eigenvalue weighted by Gasteiger charge is 2.13. The van der Waals surface area contributed by atoms with Crippen LogP contribution in [0.2, 0.25) is 0 Å². The van der Waals surface area contributed by atoms with Gasteiger partial charge in [0.15, 0.2) is 5.16 Å². The third-order valence-corrected chi connectivity index (χ3v) is 3.24. The van der Waals surface area contributed by atoms with Crippen molar-refractivity contribution >= 4 is 23.7 Å². The van der Waals surface area contributed by atoms with E-state index < -0.39 is 5.97 Å². The van der Waals surface area contributed by atoms with Crippen LogP contribution in [0.25, 0.3) is 0 Å². The average Bonchev–Trinajstić information content (AvgIpc) is 2.86. The maximum atomic E-state index is 10.5. The van der Waals surface area contributed by atoms with E-state index in [4.69, 9.17) is 10.8 Å². The fourth-order valence-corrected chi connectivity index (χ4v) is 2.04. The van der Waals surface area contributed by atoms with Crippen molar-refractivity contribution in [1.82, 2.24) is 24.3 Å². The van der Waals surface area contributed by atoms with Crippen molar-refractivity contribution < 1.29 is 9.90 Å². The number of anilines is 1. The first kappa shape index (κ1) is 12.4. The second-order valence-corrected chi connectivity index (χ2v) is 4.51. The van der Waals surface area contributed by atoms with E-state index in [2.05, 4.69) is 15.2 Å². The number of imidazole rings is 1. The SMILES string of the molecule is Cn1ccnc1Cn1c(N)nnc1SCC(=O)O. The van der Waals surface area contributed by atoms with Crippen LogP contribution >= 0.6 is 11.8 Å². The zero-order chi connectivity index (χ0) is 13.1. The van der Waals surface area contributed by atoms with Crippen molar-refractivity contribution in [2.24, 2.45) is 7.05 Å². The van der Waals surface area contributed by atoms with Crippen molar-refractivity contribution in [1.29, 1.82) is 0 Å². The number of carbonyl (C=O) groups is 1. The molecule has 2 rings (SSSR count). The van der Waals surface area contributed by atoms with Gasteiger partial charge in [-0.2, -0.15) is 0 Å². The lowest BCUT2D eigenvalue weighted by molar-refractivity contribution is -0.133. The highest BCUT2D eigenvalue weighted by molar-refractivity contribution is 7.99. The number of aryl methyl sites for hydroxylation is 1. The van der Waals surface area contributed by atoms with Gasteiger partial charge in [0.05, 0.1) is 12.3 Å². The van der Waals surface area contributed by atoms with E-state index in [-0.39, 0.29) is 11.7 Å². The van der Waals surface area contributed by atoms with Crippen molar-refractivity contribution in [3.8, 4) is 0 Å². The van der Waals surface area contributed by atoms with Crippen LogP contribution in [0.1, 0.15) is 5.82 Å². The smallest absolute Gasteiger partial charge is 0.313 e. The zero-order valence-corrected chi connectivity index (χ0v) is 10.5. The van der Waals surface area contributed by atoms with E-state index in [1.165, 1.54) is 0 Å². The molecule has 0 radical (unpaired) electrons. The first-order valence-electron chi connectivity index (χ1n) is 5.07. The van der Waals surface area contributed by atoms with E-state index in [1.54, 1.807) is 10.8 Å². The molecule has 0 aromatic carbocycles. The molecule has 0 atom stereocenters. The molecule has 2 aromatic heterocycles. The predicted octanol–water partition coefficient (Wildman–Crippen LogP) is -0.181. The van der Waals surface area contributed by atoms with E-state index >= 15 is 0 Å². The summed E-state index contributed by atoms with van der Waals surface area (Å²) in [6.07, 6.45) is 3.50. The summed E-state index contributed by atoms with van der Waals surface area (Å²) in [5.74, 6) is 0.0354. The molecule has 8 nitrogen and oxygen atoms in total. The Bertz CT molecular complexity index is 563. The maximum absolute atomic E-state index is 10.5. The van der Waals surface area contributed by atoms with E-state index in [1.807, 2.05) is 17.8 Å². The standard InChI is InChI=1S/C9H12N6O2S/c1-14-3-2-11-6(14)4-15-8(10)12-13-9(15)18-5-7(16)17/h2-3H,4-5H2,1H3,(H2,10,12)(H,16,17). The van der Waals surface area contributed by atoms with E-state index in [9.17, 15) is 4.79 Å². The lowest BCUT2D eigenvalue weighted by Gasteiger charge is -2.07. The summed E-state index contributed by atoms with van der Waals surface area (Å²) in [6, 6.07) is 0. The quantitative estimate of drug-likeness (QED) is 0.723. The number of nitrogen functional groups attached to an aromatic ring is 1. The van der Waals surface area contributed by atoms with Crippen LogP contribution in [0.5, 0.6) is 0 Å². The molecule has 0 amide bonds. The summed E-state index contributed by atoms with van der Waals surface area (Å²) in [6.45, 7) is 0.407. The van der Waals surface area contributed by atoms with Crippen molar-refractivity contribution in [2.75, 3.05) is 11.5 Å². The van der Waals surface area contributed by atoms with Gasteiger partial charge in [-0.1, -0.05) is 11.8 Å². The third kappa shape index (κ3) is 2.62. The summed E-state index contributed by atoms with van der Waals surface area (Å²) >= 11 is 1.08. The lowest BCUT2D eigenvalue weighted by atomic mass is 10.6. The fraction of sp³-hybridized carbons (Fsp3) is 0.333. The van der Waals surface area contributed by atoms with Crippen molar-refractivity contribution in [3.05, 3.63) is 18.2 Å². The first-order chi connectivity index (χ1) is 8.58. The Balaban J connectivity index is 2.19. The Morgan fingerprint density at radius 1 is 1.56 bits per heavy atom. The Morgan fingerprint density at radius 2 is 2.33 bits per heavy atom. The van der Waals surface area contributed by atoms with Crippen molar-refractivity contribution in [3.63, 3.8) is 0 Å². The van der Waals surface area contributed by atoms with Gasteiger partial charge in [0.2, 0.25) is 5.95 Å². The molecule has 0 bridgehead atoms. The molecule has 0 saturated heterocycles. The minimum Gasteiger partial charge on any atom is -0.481 e. The molecule has 9 heteroatoms. The van der Waals surface area contributed by atoms with Crippen LogP contribution in [0.4, 0.5) is 5.95 Å². The van der Waals surface area contributed by atoms with Crippen LogP contribution in [-0.2, 0) is 18.4 Å². The molecule has 3 N–H and O–H groups in total. The Labute approximate surface area is 107 Å². The summed E-state index contributed by atoms with van der Waals surface area (Å²) in [5, 5.41) is 16.7. The largest absolute Gasteiger partial charge is 0.481 e. The number of carboxylic acids is 1. The molecule has 0 aliphatic rings. The number of hydrogen-bond donors (Lipinski definition) is 2. The van der Waals surface area contributed by atoms with Crippen molar-refractivity contribution in [2.45, 2.75) is 11.7 Å². The van der Waals surface area contributed by atoms with E-state index in [0.717, 1.165) is 17.6 Å². The minimum absolute atomic E-state index is 0.0846. The second-order valence-electron chi connectivity index (χ2n) is 3.56. The number of aromatic nitrogens is 5. The van der Waals surface area contributed by atoms with Gasteiger partial charge in [-0.15, -0.1) is 10.2 Å². The van der Waals surface area contributed by atoms with Crippen LogP contribution in [0, 0.1) is 0 Å². The van der Waals surface area contributed by atoms with Gasteiger partial charge in [0.1, 0.15) is 5.82 Å². The molecular weight excluding hydrogens is 256 g/mol. The highest BCUT2D eigenvalue weighted by Crippen LogP contribution is 2.18. The molecule has 18 heavy (non-hydrogen) atoms. The molecular formula is C9H12N6O2S. The number of rotatable bonds is 5. The van der Waals surface area contributed by atoms with Crippen LogP contribution in [0.3, 0.4) is 0 Å². The fourth-order valence-electron chi connectivity index (χ4n) is 1.37. The summed E-state index contributed by atoms with van der Waals surface area (Å²) in [4.78, 5) is 14.7. The lowest BCUT2D eigenvalue weighted by Crippen LogP contribution is -2.10. The van der Waals surface area contributed by atoms with E-state index in [0.29, 0.717) is 11.7 Å². The molecule has 2 heterocycles. The minimum atomic E-state index is -0.912. The normalized spacial score (nSPS) is 10.7. The summed E-state index contributed by atoms with van der Waals surface area (Å²) in [7, 11) is 1.87. The Morgan fingerprint density at radius 3 is 2.94 bits per heavy atom. The predicted molar refractivity (Wildman–Crippen MR) is 65.1 cm³/mol. The van der Waals surface area contributed by atoms with Gasteiger partial charge in [-0.3, -0.25) is 9.36 Å². The number of carboxylic acid groups (broad SMARTS) is 1. The monoisotopic (exact) mass is 268 g/mol. The molecule has 0 aliphatic carbocycles. The van der Waals surface area contributed by atoms with Gasteiger partial charge in [-0.25, -0.2) is 4.98 Å².